The first kappa shape index (κ1) is 28.8. The molecule has 0 unspecified atom stereocenters. The van der Waals surface area contributed by atoms with Crippen molar-refractivity contribution >= 4 is 53.3 Å². The molecule has 1 saturated heterocycles. The van der Waals surface area contributed by atoms with E-state index < -0.39 is 30.8 Å². The number of nitro groups is 1. The monoisotopic (exact) mass is 615 g/mol. The normalized spacial score (nSPS) is 14.8. The van der Waals surface area contributed by atoms with Gasteiger partial charge in [-0.25, -0.2) is 13.4 Å². The lowest BCUT2D eigenvalue weighted by Gasteiger charge is -2.35. The van der Waals surface area contributed by atoms with E-state index in [2.05, 4.69) is 26.8 Å². The summed E-state index contributed by atoms with van der Waals surface area (Å²) in [4.78, 5) is 18.4. The number of nitro benzene ring substituents is 1. The zero-order valence-electron chi connectivity index (χ0n) is 20.0. The lowest BCUT2D eigenvalue weighted by molar-refractivity contribution is -0.385. The Morgan fingerprint density at radius 2 is 1.89 bits per heavy atom. The van der Waals surface area contributed by atoms with Crippen molar-refractivity contribution in [3.63, 3.8) is 0 Å². The molecule has 0 radical (unpaired) electrons. The molecule has 1 fully saturated rings. The molecule has 0 bridgehead atoms. The zero-order chi connectivity index (χ0) is 27.2. The first-order chi connectivity index (χ1) is 17.5. The average Bonchev–Trinajstić information content (AvgIpc) is 2.87. The molecular formula is C22H26BrN5O7S2. The molecule has 200 valence electrons. The summed E-state index contributed by atoms with van der Waals surface area (Å²) in [6.45, 7) is 0.932. The summed E-state index contributed by atoms with van der Waals surface area (Å²) in [6, 6.07) is 7.59. The minimum Gasteiger partial charge on any atom is -0.366 e. The molecule has 0 aliphatic carbocycles. The highest BCUT2D eigenvalue weighted by molar-refractivity contribution is 9.09. The molecule has 37 heavy (non-hydrogen) atoms. The zero-order valence-corrected chi connectivity index (χ0v) is 23.2. The number of aromatic nitrogens is 1. The molecule has 2 aromatic rings. The number of anilines is 2. The van der Waals surface area contributed by atoms with Crippen LogP contribution in [0.15, 0.2) is 41.4 Å². The van der Waals surface area contributed by atoms with E-state index in [-0.39, 0.29) is 48.9 Å². The standard InChI is InChI=1S/C22H26BrN5O7S2/c1-3-18-16-19(28(29)30)17-20(22(18)26(9-7-23)14-15-35-36(2,31)32)37(33,34)27-12-10-25(11-13-27)21-6-4-5-8-24-21/h1,4-6,8,16-17H,7,9-15H2,2H3. The third kappa shape index (κ3) is 7.17. The molecule has 15 heteroatoms. The summed E-state index contributed by atoms with van der Waals surface area (Å²) in [5.41, 5.74) is -0.384. The Morgan fingerprint density at radius 3 is 2.43 bits per heavy atom. The van der Waals surface area contributed by atoms with Crippen LogP contribution in [0.4, 0.5) is 17.2 Å². The van der Waals surface area contributed by atoms with Crippen LogP contribution in [0.1, 0.15) is 5.56 Å². The van der Waals surface area contributed by atoms with Crippen LogP contribution in [0.25, 0.3) is 0 Å². The number of piperazine rings is 1. The number of hydrogen-bond acceptors (Lipinski definition) is 10. The number of nitrogens with zero attached hydrogens (tertiary/aromatic N) is 5. The molecule has 0 saturated carbocycles. The number of benzene rings is 1. The van der Waals surface area contributed by atoms with Gasteiger partial charge in [0.2, 0.25) is 10.0 Å². The molecule has 2 heterocycles. The average molecular weight is 617 g/mol. The minimum absolute atomic E-state index is 0.000187. The quantitative estimate of drug-likeness (QED) is 0.120. The van der Waals surface area contributed by atoms with Gasteiger partial charge in [-0.15, -0.1) is 6.42 Å². The van der Waals surface area contributed by atoms with Gasteiger partial charge in [0.25, 0.3) is 15.8 Å². The highest BCUT2D eigenvalue weighted by Crippen LogP contribution is 2.36. The highest BCUT2D eigenvalue weighted by atomic mass is 79.9. The van der Waals surface area contributed by atoms with Crippen molar-refractivity contribution in [3.8, 4) is 12.3 Å². The third-order valence-electron chi connectivity index (χ3n) is 5.59. The number of halogens is 1. The molecule has 0 atom stereocenters. The van der Waals surface area contributed by atoms with E-state index in [0.29, 0.717) is 18.4 Å². The van der Waals surface area contributed by atoms with Gasteiger partial charge in [0.05, 0.1) is 29.0 Å². The lowest BCUT2D eigenvalue weighted by Crippen LogP contribution is -2.49. The first-order valence-electron chi connectivity index (χ1n) is 11.1. The molecule has 12 nitrogen and oxygen atoms in total. The van der Waals surface area contributed by atoms with Crippen molar-refractivity contribution in [1.29, 1.82) is 0 Å². The van der Waals surface area contributed by atoms with Crippen LogP contribution in [-0.4, -0.2) is 88.5 Å². The van der Waals surface area contributed by atoms with Crippen LogP contribution in [0.3, 0.4) is 0 Å². The molecule has 0 spiro atoms. The second-order valence-electron chi connectivity index (χ2n) is 8.02. The largest absolute Gasteiger partial charge is 0.366 e. The maximum atomic E-state index is 13.9. The predicted octanol–water partition coefficient (Wildman–Crippen LogP) is 1.66. The van der Waals surface area contributed by atoms with Gasteiger partial charge >= 0.3 is 0 Å². The number of pyridine rings is 1. The Balaban J connectivity index is 2.02. The summed E-state index contributed by atoms with van der Waals surface area (Å²) in [7, 11) is -7.97. The van der Waals surface area contributed by atoms with Crippen molar-refractivity contribution in [2.45, 2.75) is 4.90 Å². The van der Waals surface area contributed by atoms with Gasteiger partial charge in [-0.05, 0) is 12.1 Å². The summed E-state index contributed by atoms with van der Waals surface area (Å²) in [5.74, 6) is 3.08. The van der Waals surface area contributed by atoms with Crippen molar-refractivity contribution in [2.24, 2.45) is 0 Å². The van der Waals surface area contributed by atoms with Gasteiger partial charge in [0.1, 0.15) is 10.7 Å². The fourth-order valence-electron chi connectivity index (χ4n) is 3.91. The molecular weight excluding hydrogens is 590 g/mol. The van der Waals surface area contributed by atoms with Gasteiger partial charge in [0.15, 0.2) is 0 Å². The van der Waals surface area contributed by atoms with E-state index in [0.717, 1.165) is 24.2 Å². The number of terminal acetylenes is 1. The van der Waals surface area contributed by atoms with Gasteiger partial charge < -0.3 is 9.80 Å². The van der Waals surface area contributed by atoms with E-state index in [4.69, 9.17) is 10.6 Å². The number of alkyl halides is 1. The van der Waals surface area contributed by atoms with Gasteiger partial charge in [-0.3, -0.25) is 14.3 Å². The summed E-state index contributed by atoms with van der Waals surface area (Å²) < 4.78 is 56.7. The highest BCUT2D eigenvalue weighted by Gasteiger charge is 2.35. The molecule has 3 rings (SSSR count). The van der Waals surface area contributed by atoms with Crippen LogP contribution >= 0.6 is 15.9 Å². The van der Waals surface area contributed by atoms with Crippen LogP contribution < -0.4 is 9.80 Å². The first-order valence-corrected chi connectivity index (χ1v) is 15.5. The van der Waals surface area contributed by atoms with E-state index in [1.807, 2.05) is 17.0 Å². The Kier molecular flexibility index (Phi) is 9.48. The van der Waals surface area contributed by atoms with Crippen LogP contribution in [0.5, 0.6) is 0 Å². The molecule has 1 aromatic carbocycles. The topological polar surface area (TPSA) is 143 Å². The van der Waals surface area contributed by atoms with Crippen molar-refractivity contribution < 1.29 is 25.9 Å². The fraction of sp³-hybridized carbons (Fsp3) is 0.409. The number of sulfonamides is 1. The van der Waals surface area contributed by atoms with E-state index in [1.54, 1.807) is 17.2 Å². The van der Waals surface area contributed by atoms with Crippen molar-refractivity contribution in [2.75, 3.05) is 67.3 Å². The fourth-order valence-corrected chi connectivity index (χ4v) is 6.39. The number of non-ortho nitro benzene ring substituents is 1. The summed E-state index contributed by atoms with van der Waals surface area (Å²) in [5, 5.41) is 12.0. The summed E-state index contributed by atoms with van der Waals surface area (Å²) in [6.07, 6.45) is 8.22. The lowest BCUT2D eigenvalue weighted by atomic mass is 10.1. The smallest absolute Gasteiger partial charge is 0.272 e. The molecule has 1 aromatic heterocycles. The second kappa shape index (κ2) is 12.2. The van der Waals surface area contributed by atoms with E-state index >= 15 is 0 Å². The Morgan fingerprint density at radius 1 is 1.19 bits per heavy atom. The van der Waals surface area contributed by atoms with Gasteiger partial charge in [-0.1, -0.05) is 27.9 Å². The van der Waals surface area contributed by atoms with Crippen molar-refractivity contribution in [1.82, 2.24) is 9.29 Å². The Hall–Kier alpha value is -2.77. The minimum atomic E-state index is -4.23. The van der Waals surface area contributed by atoms with E-state index in [1.165, 1.54) is 4.31 Å². The van der Waals surface area contributed by atoms with Crippen LogP contribution in [0.2, 0.25) is 0 Å². The molecule has 1 aliphatic rings. The molecule has 0 N–H and O–H groups in total. The third-order valence-corrected chi connectivity index (χ3v) is 8.45. The van der Waals surface area contributed by atoms with Gasteiger partial charge in [0, 0.05) is 62.9 Å². The molecule has 1 aliphatic heterocycles. The van der Waals surface area contributed by atoms with Crippen LogP contribution in [0, 0.1) is 22.5 Å². The van der Waals surface area contributed by atoms with Crippen molar-refractivity contribution in [3.05, 3.63) is 52.2 Å². The maximum absolute atomic E-state index is 13.9. The van der Waals surface area contributed by atoms with E-state index in [9.17, 15) is 26.9 Å². The SMILES string of the molecule is C#Cc1cc([N+](=O)[O-])cc(S(=O)(=O)N2CCN(c3ccccn3)CC2)c1N(CCBr)CCOS(C)(=O)=O. The number of rotatable bonds is 11. The predicted molar refractivity (Wildman–Crippen MR) is 143 cm³/mol. The maximum Gasteiger partial charge on any atom is 0.272 e. The molecule has 0 amide bonds. The Labute approximate surface area is 224 Å². The summed E-state index contributed by atoms with van der Waals surface area (Å²) >= 11 is 3.31. The number of hydrogen-bond donors (Lipinski definition) is 0. The van der Waals surface area contributed by atoms with Gasteiger partial charge in [-0.2, -0.15) is 12.7 Å². The Bertz CT molecular complexity index is 1370. The second-order valence-corrected chi connectivity index (χ2v) is 12.4. The van der Waals surface area contributed by atoms with Crippen LogP contribution in [-0.2, 0) is 24.3 Å².